The summed E-state index contributed by atoms with van der Waals surface area (Å²) >= 11 is 0. The number of para-hydroxylation sites is 1. The molecule has 0 bridgehead atoms. The Bertz CT molecular complexity index is 1730. The predicted octanol–water partition coefficient (Wildman–Crippen LogP) is 3.52. The summed E-state index contributed by atoms with van der Waals surface area (Å²) in [6, 6.07) is 16.8. The fourth-order valence-electron chi connectivity index (χ4n) is 4.15. The van der Waals surface area contributed by atoms with Crippen LogP contribution in [0.2, 0.25) is 0 Å². The molecule has 4 N–H and O–H groups in total. The summed E-state index contributed by atoms with van der Waals surface area (Å²) in [5, 5.41) is 4.40. The maximum atomic E-state index is 13.4. The molecule has 0 aliphatic rings. The van der Waals surface area contributed by atoms with Crippen LogP contribution in [0.1, 0.15) is 49.4 Å². The molecule has 0 spiro atoms. The molecule has 0 fully saturated rings. The van der Waals surface area contributed by atoms with Gasteiger partial charge in [0, 0.05) is 30.7 Å². The van der Waals surface area contributed by atoms with Crippen LogP contribution in [0.3, 0.4) is 0 Å². The van der Waals surface area contributed by atoms with Crippen LogP contribution in [0.25, 0.3) is 22.2 Å². The highest BCUT2D eigenvalue weighted by molar-refractivity contribution is 6.03. The quantitative estimate of drug-likeness (QED) is 0.356. The van der Waals surface area contributed by atoms with Gasteiger partial charge in [-0.25, -0.2) is 14.5 Å². The zero-order valence-corrected chi connectivity index (χ0v) is 22.4. The summed E-state index contributed by atoms with van der Waals surface area (Å²) in [5.74, 6) is 0.306. The lowest BCUT2D eigenvalue weighted by Crippen LogP contribution is -2.26. The second-order valence-electron chi connectivity index (χ2n) is 10.0. The smallest absolute Gasteiger partial charge is 0.266 e. The van der Waals surface area contributed by atoms with Gasteiger partial charge in [-0.2, -0.15) is 0 Å². The van der Waals surface area contributed by atoms with E-state index in [0.29, 0.717) is 28.8 Å². The summed E-state index contributed by atoms with van der Waals surface area (Å²) < 4.78 is 3.07. The Labute approximate surface area is 225 Å². The van der Waals surface area contributed by atoms with Gasteiger partial charge in [-0.3, -0.25) is 19.0 Å². The summed E-state index contributed by atoms with van der Waals surface area (Å²) in [6.07, 6.45) is 4.07. The molecule has 3 heterocycles. The highest BCUT2D eigenvalue weighted by Gasteiger charge is 2.23. The molecule has 0 saturated heterocycles. The molecule has 0 radical (unpaired) electrons. The third-order valence-corrected chi connectivity index (χ3v) is 6.24. The van der Waals surface area contributed by atoms with E-state index in [1.807, 2.05) is 76.2 Å². The molecule has 5 rings (SSSR count). The SMILES string of the molecule is CCc1nc2cccc(CC(=O)C(C)(C)C)c2c(=O)n1-c1ccccc1.NC(=O)c1c(N)nn2cccnc12. The number of aromatic nitrogens is 5. The van der Waals surface area contributed by atoms with Crippen LogP contribution in [0, 0.1) is 5.41 Å². The van der Waals surface area contributed by atoms with Crippen molar-refractivity contribution in [1.82, 2.24) is 24.1 Å². The minimum Gasteiger partial charge on any atom is -0.381 e. The molecule has 5 aromatic rings. The monoisotopic (exact) mass is 525 g/mol. The van der Waals surface area contributed by atoms with Crippen molar-refractivity contribution < 1.29 is 9.59 Å². The number of nitrogens with two attached hydrogens (primary N) is 2. The van der Waals surface area contributed by atoms with Crippen molar-refractivity contribution in [3.05, 3.63) is 94.3 Å². The van der Waals surface area contributed by atoms with Gasteiger partial charge in [0.2, 0.25) is 0 Å². The zero-order chi connectivity index (χ0) is 28.3. The van der Waals surface area contributed by atoms with Crippen molar-refractivity contribution >= 4 is 34.1 Å². The number of nitrogens with zero attached hydrogens (tertiary/aromatic N) is 5. The van der Waals surface area contributed by atoms with E-state index in [9.17, 15) is 14.4 Å². The van der Waals surface area contributed by atoms with E-state index in [1.165, 1.54) is 4.52 Å². The zero-order valence-electron chi connectivity index (χ0n) is 22.4. The van der Waals surface area contributed by atoms with E-state index in [-0.39, 0.29) is 29.1 Å². The number of hydrogen-bond acceptors (Lipinski definition) is 7. The lowest BCUT2D eigenvalue weighted by atomic mass is 9.86. The molecule has 0 saturated carbocycles. The number of fused-ring (bicyclic) bond motifs is 2. The van der Waals surface area contributed by atoms with Gasteiger partial charge in [-0.05, 0) is 29.8 Å². The Morgan fingerprint density at radius 1 is 1.00 bits per heavy atom. The first-order valence-corrected chi connectivity index (χ1v) is 12.5. The first kappa shape index (κ1) is 27.2. The largest absolute Gasteiger partial charge is 0.381 e. The number of nitrogen functional groups attached to an aromatic ring is 1. The van der Waals surface area contributed by atoms with Crippen LogP contribution in [-0.4, -0.2) is 35.8 Å². The van der Waals surface area contributed by atoms with Crippen LogP contribution in [0.15, 0.2) is 71.8 Å². The molecule has 0 unspecified atom stereocenters. The third-order valence-electron chi connectivity index (χ3n) is 6.24. The number of rotatable bonds is 5. The topological polar surface area (TPSA) is 151 Å². The fourth-order valence-corrected chi connectivity index (χ4v) is 4.15. The second kappa shape index (κ2) is 10.9. The minimum atomic E-state index is -0.619. The van der Waals surface area contributed by atoms with Crippen LogP contribution in [-0.2, 0) is 17.6 Å². The van der Waals surface area contributed by atoms with E-state index in [0.717, 1.165) is 11.3 Å². The summed E-state index contributed by atoms with van der Waals surface area (Å²) in [5.41, 5.74) is 12.8. The average Bonchev–Trinajstić information content (AvgIpc) is 3.24. The molecule has 0 atom stereocenters. The van der Waals surface area contributed by atoms with Crippen molar-refractivity contribution in [2.45, 2.75) is 40.5 Å². The fraction of sp³-hybridized carbons (Fsp3) is 0.241. The highest BCUT2D eigenvalue weighted by atomic mass is 16.1. The number of Topliss-reactive ketones (excluding diaryl/α,β-unsaturated/α-hetero) is 1. The van der Waals surface area contributed by atoms with Crippen LogP contribution in [0.5, 0.6) is 0 Å². The normalized spacial score (nSPS) is 11.3. The molecule has 0 aliphatic carbocycles. The minimum absolute atomic E-state index is 0.103. The Kier molecular flexibility index (Phi) is 7.57. The Hall–Kier alpha value is -4.86. The number of amides is 1. The maximum absolute atomic E-state index is 13.4. The molecular formula is C29H31N7O3. The van der Waals surface area contributed by atoms with Gasteiger partial charge in [-0.15, -0.1) is 5.10 Å². The first-order valence-electron chi connectivity index (χ1n) is 12.5. The first-order chi connectivity index (χ1) is 18.5. The number of ketones is 1. The van der Waals surface area contributed by atoms with Gasteiger partial charge in [0.1, 0.15) is 17.2 Å². The van der Waals surface area contributed by atoms with Crippen LogP contribution < -0.4 is 17.0 Å². The second-order valence-corrected chi connectivity index (χ2v) is 10.0. The molecule has 3 aromatic heterocycles. The van der Waals surface area contributed by atoms with E-state index < -0.39 is 11.3 Å². The number of primary amides is 1. The van der Waals surface area contributed by atoms with E-state index >= 15 is 0 Å². The van der Waals surface area contributed by atoms with E-state index in [2.05, 4.69) is 10.1 Å². The number of benzene rings is 2. The maximum Gasteiger partial charge on any atom is 0.266 e. The Morgan fingerprint density at radius 2 is 1.72 bits per heavy atom. The molecule has 1 amide bonds. The predicted molar refractivity (Wildman–Crippen MR) is 151 cm³/mol. The number of anilines is 1. The number of aryl methyl sites for hydroxylation is 1. The van der Waals surface area contributed by atoms with Gasteiger partial charge in [0.15, 0.2) is 11.5 Å². The molecule has 10 nitrogen and oxygen atoms in total. The Morgan fingerprint density at radius 3 is 2.36 bits per heavy atom. The van der Waals surface area contributed by atoms with Crippen molar-refractivity contribution in [1.29, 1.82) is 0 Å². The van der Waals surface area contributed by atoms with Gasteiger partial charge in [0.05, 0.1) is 16.6 Å². The average molecular weight is 526 g/mol. The summed E-state index contributed by atoms with van der Waals surface area (Å²) in [4.78, 5) is 45.5. The van der Waals surface area contributed by atoms with E-state index in [4.69, 9.17) is 16.5 Å². The lowest BCUT2D eigenvalue weighted by molar-refractivity contribution is -0.125. The molecule has 2 aromatic carbocycles. The van der Waals surface area contributed by atoms with Crippen molar-refractivity contribution in [3.63, 3.8) is 0 Å². The Balaban J connectivity index is 0.000000226. The van der Waals surface area contributed by atoms with Crippen molar-refractivity contribution in [2.75, 3.05) is 5.73 Å². The number of hydrogen-bond donors (Lipinski definition) is 2. The molecular weight excluding hydrogens is 494 g/mol. The third kappa shape index (κ3) is 5.54. The summed E-state index contributed by atoms with van der Waals surface area (Å²) in [6.45, 7) is 7.68. The van der Waals surface area contributed by atoms with Crippen LogP contribution >= 0.6 is 0 Å². The van der Waals surface area contributed by atoms with Crippen molar-refractivity contribution in [2.24, 2.45) is 11.1 Å². The van der Waals surface area contributed by atoms with Crippen LogP contribution in [0.4, 0.5) is 5.82 Å². The lowest BCUT2D eigenvalue weighted by Gasteiger charge is -2.18. The van der Waals surface area contributed by atoms with Gasteiger partial charge >= 0.3 is 0 Å². The molecule has 10 heteroatoms. The summed E-state index contributed by atoms with van der Waals surface area (Å²) in [7, 11) is 0. The number of carbonyl (C=O) groups is 2. The standard InChI is InChI=1S/C22H24N2O2.C7H7N5O/c1-5-19-23-17-13-9-10-15(14-18(25)22(2,3)4)20(17)21(26)24(19)16-11-7-6-8-12-16;8-5-4(6(9)13)7-10-2-1-3-12(7)11-5/h6-13H,5,14H2,1-4H3;1-3H,(H2,8,11)(H2,9,13). The molecule has 200 valence electrons. The molecule has 0 aliphatic heterocycles. The number of carbonyl (C=O) groups excluding carboxylic acids is 2. The van der Waals surface area contributed by atoms with Crippen molar-refractivity contribution in [3.8, 4) is 5.69 Å². The van der Waals surface area contributed by atoms with Gasteiger partial charge in [0.25, 0.3) is 11.5 Å². The molecule has 39 heavy (non-hydrogen) atoms. The highest BCUT2D eigenvalue weighted by Crippen LogP contribution is 2.22. The van der Waals surface area contributed by atoms with E-state index in [1.54, 1.807) is 23.0 Å². The van der Waals surface area contributed by atoms with Gasteiger partial charge in [-0.1, -0.05) is 58.0 Å². The van der Waals surface area contributed by atoms with Gasteiger partial charge < -0.3 is 11.5 Å².